The second-order valence-electron chi connectivity index (χ2n) is 10.3. The Bertz CT molecular complexity index is 1370. The Kier molecular flexibility index (Phi) is 6.46. The van der Waals surface area contributed by atoms with E-state index in [1.807, 2.05) is 48.5 Å². The van der Waals surface area contributed by atoms with E-state index in [1.165, 1.54) is 0 Å². The predicted molar refractivity (Wildman–Crippen MR) is 144 cm³/mol. The van der Waals surface area contributed by atoms with Crippen LogP contribution in [-0.4, -0.2) is 23.8 Å². The number of ether oxygens (including phenoxy) is 2. The molecule has 2 aliphatic carbocycles. The monoisotopic (exact) mass is 506 g/mol. The van der Waals surface area contributed by atoms with Crippen molar-refractivity contribution in [1.29, 1.82) is 0 Å². The summed E-state index contributed by atoms with van der Waals surface area (Å²) >= 11 is 0. The molecule has 0 amide bonds. The fraction of sp³-hybridized carbons (Fsp3) is 0.273. The van der Waals surface area contributed by atoms with Crippen LogP contribution in [0.25, 0.3) is 0 Å². The molecule has 5 heteroatoms. The molecule has 0 unspecified atom stereocenters. The normalized spacial score (nSPS) is 21.6. The number of hydrogen-bond donors (Lipinski definition) is 1. The summed E-state index contributed by atoms with van der Waals surface area (Å²) < 4.78 is 12.0. The molecule has 0 saturated heterocycles. The number of hydrogen-bond acceptors (Lipinski definition) is 5. The Morgan fingerprint density at radius 2 is 1.26 bits per heavy atom. The maximum Gasteiger partial charge on any atom is 0.163 e. The third-order valence-electron chi connectivity index (χ3n) is 8.10. The van der Waals surface area contributed by atoms with Gasteiger partial charge >= 0.3 is 0 Å². The number of rotatable bonds is 5. The molecule has 0 bridgehead atoms. The lowest BCUT2D eigenvalue weighted by atomic mass is 9.69. The lowest BCUT2D eigenvalue weighted by molar-refractivity contribution is -0.118. The molecule has 0 aromatic heterocycles. The molecule has 5 nitrogen and oxygen atoms in total. The van der Waals surface area contributed by atoms with E-state index in [0.29, 0.717) is 59.7 Å². The average molecular weight is 507 g/mol. The van der Waals surface area contributed by atoms with Gasteiger partial charge in [0.2, 0.25) is 0 Å². The fourth-order valence-corrected chi connectivity index (χ4v) is 6.28. The van der Waals surface area contributed by atoms with Gasteiger partial charge in [0.1, 0.15) is 17.3 Å². The van der Waals surface area contributed by atoms with Crippen LogP contribution < -0.4 is 4.74 Å². The standard InChI is InChI=1S/C33H30O5/c1-37-28-13-12-22(14-25(28)19-34)31-32-26(35)15-23(20-8-4-2-5-9-20)17-29(32)38-30-18-24(16-27(36)33(30)31)21-10-6-3-7-11-21/h2-14,23-24,31,34H,15-19H2,1H3/t23-,24-/m0/s1. The lowest BCUT2D eigenvalue weighted by Crippen LogP contribution is -2.33. The number of Topliss-reactive ketones (excluding diaryl/α,β-unsaturated/α-hetero) is 2. The van der Waals surface area contributed by atoms with Crippen LogP contribution in [-0.2, 0) is 20.9 Å². The van der Waals surface area contributed by atoms with Crippen LogP contribution in [0.15, 0.2) is 102 Å². The molecule has 6 rings (SSSR count). The molecule has 1 heterocycles. The molecule has 3 aromatic carbocycles. The quantitative estimate of drug-likeness (QED) is 0.453. The first-order valence-electron chi connectivity index (χ1n) is 13.1. The highest BCUT2D eigenvalue weighted by atomic mass is 16.5. The van der Waals surface area contributed by atoms with Crippen molar-refractivity contribution in [3.63, 3.8) is 0 Å². The van der Waals surface area contributed by atoms with Crippen molar-refractivity contribution in [2.24, 2.45) is 0 Å². The van der Waals surface area contributed by atoms with E-state index in [4.69, 9.17) is 9.47 Å². The Morgan fingerprint density at radius 1 is 0.737 bits per heavy atom. The number of carbonyl (C=O) groups is 2. The van der Waals surface area contributed by atoms with Crippen LogP contribution in [0.5, 0.6) is 5.75 Å². The summed E-state index contributed by atoms with van der Waals surface area (Å²) in [4.78, 5) is 27.6. The first kappa shape index (κ1) is 24.4. The zero-order chi connectivity index (χ0) is 26.2. The number of methoxy groups -OCH3 is 1. The van der Waals surface area contributed by atoms with Gasteiger partial charge in [0, 0.05) is 48.3 Å². The first-order chi connectivity index (χ1) is 18.6. The maximum absolute atomic E-state index is 13.8. The van der Waals surface area contributed by atoms with Gasteiger partial charge < -0.3 is 14.6 Å². The van der Waals surface area contributed by atoms with Crippen LogP contribution >= 0.6 is 0 Å². The molecule has 1 aliphatic heterocycles. The van der Waals surface area contributed by atoms with Crippen LogP contribution in [0.3, 0.4) is 0 Å². The maximum atomic E-state index is 13.8. The Hall–Kier alpha value is -3.96. The predicted octanol–water partition coefficient (Wildman–Crippen LogP) is 6.10. The molecular formula is C33H30O5. The van der Waals surface area contributed by atoms with Gasteiger partial charge in [0.05, 0.1) is 13.7 Å². The zero-order valence-corrected chi connectivity index (χ0v) is 21.4. The van der Waals surface area contributed by atoms with Crippen molar-refractivity contribution < 1.29 is 24.2 Å². The number of benzene rings is 3. The van der Waals surface area contributed by atoms with Crippen molar-refractivity contribution in [1.82, 2.24) is 0 Å². The Morgan fingerprint density at radius 3 is 1.74 bits per heavy atom. The second-order valence-corrected chi connectivity index (χ2v) is 10.3. The smallest absolute Gasteiger partial charge is 0.163 e. The molecule has 3 aromatic rings. The topological polar surface area (TPSA) is 72.8 Å². The molecule has 0 fully saturated rings. The summed E-state index contributed by atoms with van der Waals surface area (Å²) in [6.07, 6.45) is 1.95. The average Bonchev–Trinajstić information content (AvgIpc) is 2.96. The second kappa shape index (κ2) is 10.1. The SMILES string of the molecule is COc1ccc(C2C3=C(C[C@@H](c4ccccc4)CC3=O)OC3=C2C(=O)C[C@H](c2ccccc2)C3)cc1CO. The van der Waals surface area contributed by atoms with E-state index in [0.717, 1.165) is 16.7 Å². The van der Waals surface area contributed by atoms with Gasteiger partial charge in [-0.15, -0.1) is 0 Å². The number of carbonyl (C=O) groups excluding carboxylic acids is 2. The number of ketones is 2. The highest BCUT2D eigenvalue weighted by Gasteiger charge is 2.45. The molecule has 192 valence electrons. The van der Waals surface area contributed by atoms with Gasteiger partial charge in [-0.1, -0.05) is 66.7 Å². The number of aliphatic hydroxyl groups excluding tert-OH is 1. The van der Waals surface area contributed by atoms with Crippen LogP contribution in [0, 0.1) is 0 Å². The van der Waals surface area contributed by atoms with E-state index in [-0.39, 0.29) is 30.0 Å². The fourth-order valence-electron chi connectivity index (χ4n) is 6.28. The molecule has 38 heavy (non-hydrogen) atoms. The summed E-state index contributed by atoms with van der Waals surface area (Å²) in [5.41, 5.74) is 4.81. The third kappa shape index (κ3) is 4.27. The number of aliphatic hydroxyl groups is 1. The minimum Gasteiger partial charge on any atom is -0.496 e. The molecule has 0 radical (unpaired) electrons. The van der Waals surface area contributed by atoms with E-state index < -0.39 is 5.92 Å². The first-order valence-corrected chi connectivity index (χ1v) is 13.1. The summed E-state index contributed by atoms with van der Waals surface area (Å²) in [5.74, 6) is 1.47. The van der Waals surface area contributed by atoms with Gasteiger partial charge in [-0.25, -0.2) is 0 Å². The molecule has 0 saturated carbocycles. The van der Waals surface area contributed by atoms with Gasteiger partial charge in [0.25, 0.3) is 0 Å². The largest absolute Gasteiger partial charge is 0.496 e. The molecule has 0 spiro atoms. The van der Waals surface area contributed by atoms with Gasteiger partial charge in [0.15, 0.2) is 11.6 Å². The summed E-state index contributed by atoms with van der Waals surface area (Å²) in [6.45, 7) is -0.202. The molecule has 3 aliphatic rings. The minimum atomic E-state index is -0.515. The summed E-state index contributed by atoms with van der Waals surface area (Å²) in [6, 6.07) is 25.7. The van der Waals surface area contributed by atoms with Crippen molar-refractivity contribution >= 4 is 11.6 Å². The van der Waals surface area contributed by atoms with E-state index in [1.54, 1.807) is 13.2 Å². The van der Waals surface area contributed by atoms with Crippen molar-refractivity contribution in [3.8, 4) is 5.75 Å². The Balaban J connectivity index is 1.46. The van der Waals surface area contributed by atoms with Crippen LogP contribution in [0.1, 0.15) is 65.7 Å². The minimum absolute atomic E-state index is 0.0102. The van der Waals surface area contributed by atoms with Crippen LogP contribution in [0.2, 0.25) is 0 Å². The molecular weight excluding hydrogens is 476 g/mol. The lowest BCUT2D eigenvalue weighted by Gasteiger charge is -2.39. The van der Waals surface area contributed by atoms with Crippen LogP contribution in [0.4, 0.5) is 0 Å². The van der Waals surface area contributed by atoms with E-state index in [9.17, 15) is 14.7 Å². The zero-order valence-electron chi connectivity index (χ0n) is 21.4. The van der Waals surface area contributed by atoms with Crippen molar-refractivity contribution in [2.45, 2.75) is 50.0 Å². The summed E-state index contributed by atoms with van der Waals surface area (Å²) in [7, 11) is 1.56. The van der Waals surface area contributed by atoms with E-state index in [2.05, 4.69) is 24.3 Å². The molecule has 2 atom stereocenters. The number of allylic oxidation sites excluding steroid dienone is 4. The highest BCUT2D eigenvalue weighted by Crippen LogP contribution is 2.52. The van der Waals surface area contributed by atoms with Crippen molar-refractivity contribution in [3.05, 3.63) is 124 Å². The highest BCUT2D eigenvalue weighted by molar-refractivity contribution is 6.06. The molecule has 1 N–H and O–H groups in total. The van der Waals surface area contributed by atoms with E-state index >= 15 is 0 Å². The Labute approximate surface area is 222 Å². The summed E-state index contributed by atoms with van der Waals surface area (Å²) in [5, 5.41) is 10.0. The van der Waals surface area contributed by atoms with Crippen molar-refractivity contribution in [2.75, 3.05) is 7.11 Å². The van der Waals surface area contributed by atoms with Gasteiger partial charge in [-0.05, 0) is 40.7 Å². The van der Waals surface area contributed by atoms with Gasteiger partial charge in [-0.2, -0.15) is 0 Å². The third-order valence-corrected chi connectivity index (χ3v) is 8.10. The van der Waals surface area contributed by atoms with Gasteiger partial charge in [-0.3, -0.25) is 9.59 Å².